The summed E-state index contributed by atoms with van der Waals surface area (Å²) in [6.07, 6.45) is 0. The Bertz CT molecular complexity index is 473. The van der Waals surface area contributed by atoms with Crippen molar-refractivity contribution in [3.8, 4) is 0 Å². The van der Waals surface area contributed by atoms with Crippen molar-refractivity contribution >= 4 is 22.8 Å². The molecule has 2 rings (SSSR count). The standard InChI is InChI=1S/C9H7NO3/c10-8-4-6-3-5(9(11)12)1-2-7(6)13-8/h1-4H,10H2,(H,11,12). The quantitative estimate of drug-likeness (QED) is 0.695. The summed E-state index contributed by atoms with van der Waals surface area (Å²) in [6.45, 7) is 0. The maximum Gasteiger partial charge on any atom is 0.335 e. The largest absolute Gasteiger partial charge is 0.478 e. The number of hydrogen-bond acceptors (Lipinski definition) is 3. The van der Waals surface area contributed by atoms with Crippen LogP contribution in [0.5, 0.6) is 0 Å². The lowest BCUT2D eigenvalue weighted by Crippen LogP contribution is -1.94. The summed E-state index contributed by atoms with van der Waals surface area (Å²) in [5.74, 6) is -0.667. The Kier molecular flexibility index (Phi) is 1.48. The van der Waals surface area contributed by atoms with Crippen LogP contribution in [0, 0.1) is 0 Å². The molecule has 4 nitrogen and oxygen atoms in total. The Morgan fingerprint density at radius 3 is 2.85 bits per heavy atom. The third-order valence-electron chi connectivity index (χ3n) is 1.78. The number of carboxylic acid groups (broad SMARTS) is 1. The van der Waals surface area contributed by atoms with Crippen molar-refractivity contribution in [1.82, 2.24) is 0 Å². The number of carbonyl (C=O) groups is 1. The SMILES string of the molecule is Nc1cc2cc(C(=O)O)ccc2o1. The van der Waals surface area contributed by atoms with Crippen molar-refractivity contribution in [3.05, 3.63) is 29.8 Å². The number of furan rings is 1. The van der Waals surface area contributed by atoms with Gasteiger partial charge in [-0.1, -0.05) is 0 Å². The minimum Gasteiger partial charge on any atom is -0.478 e. The van der Waals surface area contributed by atoms with Gasteiger partial charge in [-0.15, -0.1) is 0 Å². The Morgan fingerprint density at radius 2 is 2.15 bits per heavy atom. The Morgan fingerprint density at radius 1 is 1.38 bits per heavy atom. The number of nitrogen functional groups attached to an aromatic ring is 1. The summed E-state index contributed by atoms with van der Waals surface area (Å²) in [4.78, 5) is 10.6. The van der Waals surface area contributed by atoms with E-state index in [4.69, 9.17) is 15.3 Å². The fourth-order valence-electron chi connectivity index (χ4n) is 1.20. The summed E-state index contributed by atoms with van der Waals surface area (Å²) in [5.41, 5.74) is 6.23. The fraction of sp³-hybridized carbons (Fsp3) is 0. The molecule has 0 aliphatic heterocycles. The molecule has 2 aromatic rings. The molecule has 0 saturated carbocycles. The summed E-state index contributed by atoms with van der Waals surface area (Å²) in [6, 6.07) is 6.20. The minimum atomic E-state index is -0.957. The predicted molar refractivity (Wildman–Crippen MR) is 47.6 cm³/mol. The molecule has 0 unspecified atom stereocenters. The van der Waals surface area contributed by atoms with Crippen LogP contribution in [0.15, 0.2) is 28.7 Å². The van der Waals surface area contributed by atoms with Crippen molar-refractivity contribution in [2.45, 2.75) is 0 Å². The first-order valence-electron chi connectivity index (χ1n) is 3.69. The van der Waals surface area contributed by atoms with Crippen LogP contribution in [0.2, 0.25) is 0 Å². The van der Waals surface area contributed by atoms with E-state index in [0.29, 0.717) is 11.0 Å². The maximum atomic E-state index is 10.6. The van der Waals surface area contributed by atoms with Gasteiger partial charge in [0, 0.05) is 11.5 Å². The van der Waals surface area contributed by atoms with E-state index in [9.17, 15) is 4.79 Å². The van der Waals surface area contributed by atoms with Crippen LogP contribution in [-0.2, 0) is 0 Å². The second-order valence-electron chi connectivity index (χ2n) is 2.71. The van der Waals surface area contributed by atoms with Crippen LogP contribution in [0.3, 0.4) is 0 Å². The van der Waals surface area contributed by atoms with Gasteiger partial charge in [0.1, 0.15) is 5.58 Å². The molecule has 13 heavy (non-hydrogen) atoms. The van der Waals surface area contributed by atoms with E-state index in [1.165, 1.54) is 12.1 Å². The molecule has 0 spiro atoms. The molecule has 0 amide bonds. The number of hydrogen-bond donors (Lipinski definition) is 2. The lowest BCUT2D eigenvalue weighted by atomic mass is 10.2. The monoisotopic (exact) mass is 177 g/mol. The molecule has 0 fully saturated rings. The number of rotatable bonds is 1. The van der Waals surface area contributed by atoms with Crippen molar-refractivity contribution in [3.63, 3.8) is 0 Å². The Balaban J connectivity index is 2.67. The first-order valence-corrected chi connectivity index (χ1v) is 3.69. The molecule has 0 aliphatic rings. The molecule has 1 heterocycles. The van der Waals surface area contributed by atoms with E-state index in [1.807, 2.05) is 0 Å². The number of anilines is 1. The van der Waals surface area contributed by atoms with Gasteiger partial charge in [0.2, 0.25) is 0 Å². The van der Waals surface area contributed by atoms with Crippen molar-refractivity contribution in [2.75, 3.05) is 5.73 Å². The van der Waals surface area contributed by atoms with E-state index in [1.54, 1.807) is 12.1 Å². The van der Waals surface area contributed by atoms with Gasteiger partial charge in [-0.2, -0.15) is 0 Å². The van der Waals surface area contributed by atoms with Crippen molar-refractivity contribution < 1.29 is 14.3 Å². The van der Waals surface area contributed by atoms with Gasteiger partial charge in [-0.3, -0.25) is 0 Å². The fourth-order valence-corrected chi connectivity index (χ4v) is 1.20. The molecule has 0 atom stereocenters. The highest BCUT2D eigenvalue weighted by Gasteiger charge is 2.05. The highest BCUT2D eigenvalue weighted by atomic mass is 16.4. The van der Waals surface area contributed by atoms with Crippen LogP contribution < -0.4 is 5.73 Å². The zero-order valence-electron chi connectivity index (χ0n) is 6.65. The van der Waals surface area contributed by atoms with Crippen LogP contribution in [0.4, 0.5) is 5.88 Å². The smallest absolute Gasteiger partial charge is 0.335 e. The van der Waals surface area contributed by atoms with Crippen LogP contribution in [-0.4, -0.2) is 11.1 Å². The normalized spacial score (nSPS) is 10.5. The average Bonchev–Trinajstić information content (AvgIpc) is 2.42. The van der Waals surface area contributed by atoms with Gasteiger partial charge in [-0.05, 0) is 18.2 Å². The number of carboxylic acids is 1. The molecule has 0 saturated heterocycles. The summed E-state index contributed by atoms with van der Waals surface area (Å²) >= 11 is 0. The highest BCUT2D eigenvalue weighted by Crippen LogP contribution is 2.21. The van der Waals surface area contributed by atoms with Crippen LogP contribution in [0.25, 0.3) is 11.0 Å². The van der Waals surface area contributed by atoms with E-state index < -0.39 is 5.97 Å². The molecule has 66 valence electrons. The zero-order valence-corrected chi connectivity index (χ0v) is 6.65. The molecular formula is C9H7NO3. The second kappa shape index (κ2) is 2.52. The average molecular weight is 177 g/mol. The maximum absolute atomic E-state index is 10.6. The van der Waals surface area contributed by atoms with Crippen LogP contribution in [0.1, 0.15) is 10.4 Å². The molecule has 1 aromatic carbocycles. The van der Waals surface area contributed by atoms with Gasteiger partial charge in [0.05, 0.1) is 5.56 Å². The highest BCUT2D eigenvalue weighted by molar-refractivity contribution is 5.93. The molecule has 3 N–H and O–H groups in total. The number of nitrogens with two attached hydrogens (primary N) is 1. The first kappa shape index (κ1) is 7.67. The third-order valence-corrected chi connectivity index (χ3v) is 1.78. The Labute approximate surface area is 73.6 Å². The third kappa shape index (κ3) is 1.22. The van der Waals surface area contributed by atoms with Gasteiger partial charge >= 0.3 is 5.97 Å². The van der Waals surface area contributed by atoms with Gasteiger partial charge in [0.25, 0.3) is 0 Å². The molecule has 0 aliphatic carbocycles. The topological polar surface area (TPSA) is 76.5 Å². The van der Waals surface area contributed by atoms with Crippen LogP contribution >= 0.6 is 0 Å². The van der Waals surface area contributed by atoms with E-state index in [2.05, 4.69) is 0 Å². The summed E-state index contributed by atoms with van der Waals surface area (Å²) in [5, 5.41) is 9.40. The van der Waals surface area contributed by atoms with Crippen molar-refractivity contribution in [2.24, 2.45) is 0 Å². The number of benzene rings is 1. The summed E-state index contributed by atoms with van der Waals surface area (Å²) in [7, 11) is 0. The second-order valence-corrected chi connectivity index (χ2v) is 2.71. The van der Waals surface area contributed by atoms with Gasteiger partial charge < -0.3 is 15.3 Å². The zero-order chi connectivity index (χ0) is 9.42. The summed E-state index contributed by atoms with van der Waals surface area (Å²) < 4.78 is 5.09. The molecule has 1 aromatic heterocycles. The number of aromatic carboxylic acids is 1. The minimum absolute atomic E-state index is 0.230. The van der Waals surface area contributed by atoms with Crippen molar-refractivity contribution in [1.29, 1.82) is 0 Å². The van der Waals surface area contributed by atoms with E-state index in [0.717, 1.165) is 0 Å². The predicted octanol–water partition coefficient (Wildman–Crippen LogP) is 1.71. The molecule has 4 heteroatoms. The molecule has 0 radical (unpaired) electrons. The Hall–Kier alpha value is -1.97. The van der Waals surface area contributed by atoms with Gasteiger partial charge in [-0.25, -0.2) is 4.79 Å². The van der Waals surface area contributed by atoms with E-state index in [-0.39, 0.29) is 11.4 Å². The molecular weight excluding hydrogens is 170 g/mol. The van der Waals surface area contributed by atoms with Gasteiger partial charge in [0.15, 0.2) is 5.88 Å². The first-order chi connectivity index (χ1) is 6.16. The lowest BCUT2D eigenvalue weighted by Gasteiger charge is -1.92. The number of fused-ring (bicyclic) bond motifs is 1. The molecule has 0 bridgehead atoms. The lowest BCUT2D eigenvalue weighted by molar-refractivity contribution is 0.0697. The van der Waals surface area contributed by atoms with E-state index >= 15 is 0 Å².